The Kier molecular flexibility index (Phi) is 5.32. The topological polar surface area (TPSA) is 106 Å². The molecule has 0 amide bonds. The van der Waals surface area contributed by atoms with Crippen molar-refractivity contribution in [3.63, 3.8) is 0 Å². The van der Waals surface area contributed by atoms with Crippen LogP contribution in [0.2, 0.25) is 0 Å². The van der Waals surface area contributed by atoms with Gasteiger partial charge in [-0.1, -0.05) is 22.0 Å². The van der Waals surface area contributed by atoms with Crippen LogP contribution in [0.1, 0.15) is 5.56 Å². The van der Waals surface area contributed by atoms with E-state index in [1.54, 1.807) is 24.5 Å². The van der Waals surface area contributed by atoms with Gasteiger partial charge in [-0.15, -0.1) is 0 Å². The van der Waals surface area contributed by atoms with Crippen molar-refractivity contribution < 1.29 is 9.31 Å². The maximum Gasteiger partial charge on any atom is 0.353 e. The van der Waals surface area contributed by atoms with Gasteiger partial charge in [0.25, 0.3) is 0 Å². The van der Waals surface area contributed by atoms with Crippen molar-refractivity contribution in [3.05, 3.63) is 75.0 Å². The summed E-state index contributed by atoms with van der Waals surface area (Å²) in [4.78, 5) is 22.7. The predicted octanol–water partition coefficient (Wildman–Crippen LogP) is 4.04. The highest BCUT2D eigenvalue weighted by molar-refractivity contribution is 9.10. The highest BCUT2D eigenvalue weighted by Gasteiger charge is 2.23. The van der Waals surface area contributed by atoms with Gasteiger partial charge in [-0.2, -0.15) is 0 Å². The van der Waals surface area contributed by atoms with Gasteiger partial charge in [-0.25, -0.2) is 14.4 Å². The Hall–Kier alpha value is -3.14. The second-order valence-corrected chi connectivity index (χ2v) is 6.06. The Morgan fingerprint density at radius 1 is 1.23 bits per heavy atom. The molecular weight excluding hydrogens is 407 g/mol. The Morgan fingerprint density at radius 2 is 2.04 bits per heavy atom. The van der Waals surface area contributed by atoms with Gasteiger partial charge in [0.15, 0.2) is 0 Å². The molecule has 2 heterocycles. The third-order valence-electron chi connectivity index (χ3n) is 3.37. The summed E-state index contributed by atoms with van der Waals surface area (Å²) in [5.74, 6) is -0.661. The number of nitro groups is 1. The van der Waals surface area contributed by atoms with Gasteiger partial charge in [-0.3, -0.25) is 15.1 Å². The van der Waals surface area contributed by atoms with E-state index in [2.05, 4.69) is 41.5 Å². The molecule has 8 nitrogen and oxygen atoms in total. The Balaban J connectivity index is 1.89. The van der Waals surface area contributed by atoms with Gasteiger partial charge in [0.1, 0.15) is 12.1 Å². The molecule has 0 saturated heterocycles. The van der Waals surface area contributed by atoms with Crippen LogP contribution < -0.4 is 10.6 Å². The van der Waals surface area contributed by atoms with Crippen LogP contribution in [0.3, 0.4) is 0 Å². The van der Waals surface area contributed by atoms with Crippen molar-refractivity contribution in [1.29, 1.82) is 0 Å². The first-order valence-electron chi connectivity index (χ1n) is 7.39. The van der Waals surface area contributed by atoms with Crippen molar-refractivity contribution in [1.82, 2.24) is 15.0 Å². The molecule has 0 spiro atoms. The lowest BCUT2D eigenvalue weighted by atomic mass is 10.3. The molecule has 10 heteroatoms. The molecular formula is C16H12BrFN6O2. The Morgan fingerprint density at radius 3 is 2.73 bits per heavy atom. The van der Waals surface area contributed by atoms with Crippen LogP contribution in [0.5, 0.6) is 0 Å². The van der Waals surface area contributed by atoms with Crippen LogP contribution in [0.15, 0.2) is 53.5 Å². The van der Waals surface area contributed by atoms with Crippen molar-refractivity contribution in [2.75, 3.05) is 10.6 Å². The molecule has 0 aliphatic carbocycles. The molecule has 3 rings (SSSR count). The molecule has 0 bridgehead atoms. The highest BCUT2D eigenvalue weighted by Crippen LogP contribution is 2.32. The number of halogens is 2. The SMILES string of the molecule is O=[N+]([O-])c1c(NCc2cccnc2)ncnc1Nc1ccc(Br)cc1F. The number of pyridine rings is 1. The quantitative estimate of drug-likeness (QED) is 0.459. The molecule has 0 aliphatic heterocycles. The van der Waals surface area contributed by atoms with E-state index >= 15 is 0 Å². The fourth-order valence-corrected chi connectivity index (χ4v) is 2.51. The zero-order valence-corrected chi connectivity index (χ0v) is 14.8. The molecule has 2 aromatic heterocycles. The molecule has 0 atom stereocenters. The standard InChI is InChI=1S/C16H12BrFN6O2/c17-11-3-4-13(12(18)6-11)23-16-14(24(25)26)15(21-9-22-16)20-8-10-2-1-5-19-7-10/h1-7,9H,8H2,(H2,20,21,22,23). The molecule has 132 valence electrons. The van der Waals surface area contributed by atoms with Crippen LogP contribution in [-0.4, -0.2) is 19.9 Å². The average molecular weight is 419 g/mol. The number of aromatic nitrogens is 3. The lowest BCUT2D eigenvalue weighted by Crippen LogP contribution is -2.08. The third-order valence-corrected chi connectivity index (χ3v) is 3.87. The first-order valence-corrected chi connectivity index (χ1v) is 8.18. The zero-order valence-electron chi connectivity index (χ0n) is 13.2. The average Bonchev–Trinajstić information content (AvgIpc) is 2.63. The molecule has 26 heavy (non-hydrogen) atoms. The van der Waals surface area contributed by atoms with E-state index in [4.69, 9.17) is 0 Å². The van der Waals surface area contributed by atoms with E-state index in [1.807, 2.05) is 6.07 Å². The largest absolute Gasteiger partial charge is 0.360 e. The van der Waals surface area contributed by atoms with Crippen LogP contribution in [0.25, 0.3) is 0 Å². The number of benzene rings is 1. The van der Waals surface area contributed by atoms with E-state index in [9.17, 15) is 14.5 Å². The number of rotatable bonds is 6. The van der Waals surface area contributed by atoms with E-state index in [1.165, 1.54) is 12.1 Å². The maximum atomic E-state index is 14.0. The smallest absolute Gasteiger partial charge is 0.353 e. The Bertz CT molecular complexity index is 941. The molecule has 0 aliphatic rings. The summed E-state index contributed by atoms with van der Waals surface area (Å²) in [7, 11) is 0. The summed E-state index contributed by atoms with van der Waals surface area (Å²) in [6, 6.07) is 7.89. The molecule has 0 saturated carbocycles. The fourth-order valence-electron chi connectivity index (χ4n) is 2.18. The second kappa shape index (κ2) is 7.83. The summed E-state index contributed by atoms with van der Waals surface area (Å²) in [5.41, 5.74) is 0.515. The number of nitrogens with zero attached hydrogens (tertiary/aromatic N) is 4. The second-order valence-electron chi connectivity index (χ2n) is 5.14. The van der Waals surface area contributed by atoms with Crippen molar-refractivity contribution in [2.24, 2.45) is 0 Å². The zero-order chi connectivity index (χ0) is 18.5. The van der Waals surface area contributed by atoms with Gasteiger partial charge in [0, 0.05) is 23.4 Å². The molecule has 0 radical (unpaired) electrons. The van der Waals surface area contributed by atoms with Gasteiger partial charge < -0.3 is 10.6 Å². The molecule has 1 aromatic carbocycles. The van der Waals surface area contributed by atoms with E-state index in [0.717, 1.165) is 11.9 Å². The third kappa shape index (κ3) is 4.09. The van der Waals surface area contributed by atoms with Gasteiger partial charge in [0.05, 0.1) is 10.6 Å². The lowest BCUT2D eigenvalue weighted by Gasteiger charge is -2.10. The number of hydrogen-bond donors (Lipinski definition) is 2. The van der Waals surface area contributed by atoms with Crippen molar-refractivity contribution in [3.8, 4) is 0 Å². The molecule has 0 fully saturated rings. The first kappa shape index (κ1) is 17.7. The van der Waals surface area contributed by atoms with Gasteiger partial charge in [0.2, 0.25) is 11.6 Å². The lowest BCUT2D eigenvalue weighted by molar-refractivity contribution is -0.383. The molecule has 0 unspecified atom stereocenters. The van der Waals surface area contributed by atoms with Gasteiger partial charge in [-0.05, 0) is 29.8 Å². The van der Waals surface area contributed by atoms with Crippen molar-refractivity contribution >= 4 is 38.9 Å². The summed E-state index contributed by atoms with van der Waals surface area (Å²) in [6.45, 7) is 0.289. The van der Waals surface area contributed by atoms with Crippen LogP contribution in [0, 0.1) is 15.9 Å². The molecule has 3 aromatic rings. The van der Waals surface area contributed by atoms with E-state index in [0.29, 0.717) is 4.47 Å². The number of nitrogens with one attached hydrogen (secondary N) is 2. The summed E-state index contributed by atoms with van der Waals surface area (Å²) in [6.07, 6.45) is 4.43. The molecule has 2 N–H and O–H groups in total. The first-order chi connectivity index (χ1) is 12.5. The Labute approximate surface area is 155 Å². The van der Waals surface area contributed by atoms with E-state index < -0.39 is 10.7 Å². The minimum absolute atomic E-state index is 0.0221. The monoisotopic (exact) mass is 418 g/mol. The minimum Gasteiger partial charge on any atom is -0.360 e. The summed E-state index contributed by atoms with van der Waals surface area (Å²) in [5, 5.41) is 17.0. The normalized spacial score (nSPS) is 10.4. The van der Waals surface area contributed by atoms with E-state index in [-0.39, 0.29) is 29.6 Å². The van der Waals surface area contributed by atoms with Crippen LogP contribution >= 0.6 is 15.9 Å². The highest BCUT2D eigenvalue weighted by atomic mass is 79.9. The number of hydrogen-bond acceptors (Lipinski definition) is 7. The number of anilines is 3. The minimum atomic E-state index is -0.620. The van der Waals surface area contributed by atoms with Gasteiger partial charge >= 0.3 is 5.69 Å². The van der Waals surface area contributed by atoms with Crippen molar-refractivity contribution in [2.45, 2.75) is 6.54 Å². The van der Waals surface area contributed by atoms with Crippen LogP contribution in [-0.2, 0) is 6.54 Å². The maximum absolute atomic E-state index is 14.0. The predicted molar refractivity (Wildman–Crippen MR) is 97.6 cm³/mol. The van der Waals surface area contributed by atoms with Crippen LogP contribution in [0.4, 0.5) is 27.4 Å². The summed E-state index contributed by atoms with van der Waals surface area (Å²) < 4.78 is 14.6. The summed E-state index contributed by atoms with van der Waals surface area (Å²) >= 11 is 3.16. The fraction of sp³-hybridized carbons (Fsp3) is 0.0625.